The van der Waals surface area contributed by atoms with E-state index >= 15 is 0 Å². The Hall–Kier alpha value is -2.06. The van der Waals surface area contributed by atoms with Crippen molar-refractivity contribution in [2.45, 2.75) is 52.4 Å². The van der Waals surface area contributed by atoms with E-state index in [1.165, 1.54) is 5.56 Å². The molecule has 2 aromatic rings. The molecule has 3 rings (SSSR count). The Morgan fingerprint density at radius 2 is 1.58 bits per heavy atom. The van der Waals surface area contributed by atoms with Crippen molar-refractivity contribution in [2.75, 3.05) is 0 Å². The van der Waals surface area contributed by atoms with Crippen molar-refractivity contribution in [3.05, 3.63) is 59.2 Å². The minimum Gasteiger partial charge on any atom is -0.408 e. The Morgan fingerprint density at radius 3 is 2.23 bits per heavy atom. The van der Waals surface area contributed by atoms with E-state index < -0.39 is 14.6 Å². The molecule has 0 saturated carbocycles. The van der Waals surface area contributed by atoms with Gasteiger partial charge in [0.25, 0.3) is 0 Å². The second-order valence-electron chi connectivity index (χ2n) is 8.49. The maximum Gasteiger partial charge on any atom is 0.532 e. The summed E-state index contributed by atoms with van der Waals surface area (Å²) in [6, 6.07) is 13.2. The quantitative estimate of drug-likeness (QED) is 0.594. The fraction of sp³-hybridized carbons (Fsp3) is 0.381. The Balaban J connectivity index is 1.92. The van der Waals surface area contributed by atoms with Gasteiger partial charge in [0.15, 0.2) is 0 Å². The summed E-state index contributed by atoms with van der Waals surface area (Å²) >= 11 is 0. The first-order chi connectivity index (χ1) is 12.1. The van der Waals surface area contributed by atoms with Gasteiger partial charge >= 0.3 is 14.6 Å². The standard InChI is InChI=1S/C21H25O4P/c1-20(2,3)14-11-12-18(16(13-14)21(4,5)6)24-26-23-17-10-8-7-9-15(17)19(22)25-26/h7-13H,1-6H3. The number of rotatable bonds is 2. The van der Waals surface area contributed by atoms with Crippen molar-refractivity contribution in [1.29, 1.82) is 0 Å². The van der Waals surface area contributed by atoms with Crippen LogP contribution in [0.5, 0.6) is 11.5 Å². The van der Waals surface area contributed by atoms with Crippen LogP contribution in [-0.4, -0.2) is 5.97 Å². The van der Waals surface area contributed by atoms with Crippen molar-refractivity contribution >= 4 is 14.6 Å². The van der Waals surface area contributed by atoms with E-state index in [9.17, 15) is 4.79 Å². The minimum absolute atomic E-state index is 0.0383. The molecule has 4 nitrogen and oxygen atoms in total. The Kier molecular flexibility index (Phi) is 4.74. The monoisotopic (exact) mass is 372 g/mol. The topological polar surface area (TPSA) is 44.8 Å². The SMILES string of the molecule is CC(C)(C)c1ccc(OP2OC(=O)c3ccccc3O2)c(C(C)(C)C)c1. The van der Waals surface area contributed by atoms with Crippen molar-refractivity contribution in [3.8, 4) is 11.5 Å². The third kappa shape index (κ3) is 3.86. The molecule has 0 amide bonds. The van der Waals surface area contributed by atoms with Crippen LogP contribution in [-0.2, 0) is 15.4 Å². The zero-order chi connectivity index (χ0) is 19.1. The second-order valence-corrected chi connectivity index (χ2v) is 9.49. The van der Waals surface area contributed by atoms with Crippen LogP contribution in [0, 0.1) is 0 Å². The summed E-state index contributed by atoms with van der Waals surface area (Å²) in [5.74, 6) is 0.767. The molecule has 0 spiro atoms. The molecule has 0 bridgehead atoms. The van der Waals surface area contributed by atoms with Crippen LogP contribution in [0.3, 0.4) is 0 Å². The number of carbonyl (C=O) groups is 1. The highest BCUT2D eigenvalue weighted by Gasteiger charge is 2.33. The average Bonchev–Trinajstić information content (AvgIpc) is 2.53. The van der Waals surface area contributed by atoms with Gasteiger partial charge in [0.05, 0.1) is 0 Å². The molecule has 26 heavy (non-hydrogen) atoms. The largest absolute Gasteiger partial charge is 0.532 e. The number of para-hydroxylation sites is 1. The molecule has 1 aliphatic rings. The van der Waals surface area contributed by atoms with E-state index in [2.05, 4.69) is 53.7 Å². The van der Waals surface area contributed by atoms with Gasteiger partial charge in [0, 0.05) is 5.56 Å². The van der Waals surface area contributed by atoms with Crippen LogP contribution in [0.25, 0.3) is 0 Å². The summed E-state index contributed by atoms with van der Waals surface area (Å²) in [4.78, 5) is 12.2. The molecule has 0 aromatic heterocycles. The van der Waals surface area contributed by atoms with Gasteiger partial charge in [0.1, 0.15) is 17.1 Å². The number of carbonyl (C=O) groups excluding carboxylic acids is 1. The fourth-order valence-electron chi connectivity index (χ4n) is 2.71. The van der Waals surface area contributed by atoms with Gasteiger partial charge in [-0.2, -0.15) is 0 Å². The molecular formula is C21H25O4P. The molecule has 5 heteroatoms. The summed E-state index contributed by atoms with van der Waals surface area (Å²) in [6.45, 7) is 13.0. The van der Waals surface area contributed by atoms with Crippen LogP contribution in [0.4, 0.5) is 0 Å². The molecule has 0 fully saturated rings. The third-order valence-electron chi connectivity index (χ3n) is 4.26. The van der Waals surface area contributed by atoms with Gasteiger partial charge in [-0.3, -0.25) is 0 Å². The predicted octanol–water partition coefficient (Wildman–Crippen LogP) is 6.14. The Morgan fingerprint density at radius 1 is 0.885 bits per heavy atom. The smallest absolute Gasteiger partial charge is 0.408 e. The second kappa shape index (κ2) is 6.59. The lowest BCUT2D eigenvalue weighted by atomic mass is 9.80. The molecule has 138 valence electrons. The molecule has 1 heterocycles. The summed E-state index contributed by atoms with van der Waals surface area (Å²) in [5.41, 5.74) is 2.63. The van der Waals surface area contributed by atoms with E-state index in [0.29, 0.717) is 17.1 Å². The summed E-state index contributed by atoms with van der Waals surface area (Å²) in [7, 11) is -1.82. The van der Waals surface area contributed by atoms with Gasteiger partial charge in [-0.15, -0.1) is 0 Å². The number of fused-ring (bicyclic) bond motifs is 1. The van der Waals surface area contributed by atoms with Gasteiger partial charge in [0.2, 0.25) is 0 Å². The predicted molar refractivity (Wildman–Crippen MR) is 104 cm³/mol. The van der Waals surface area contributed by atoms with Crippen LogP contribution in [0.1, 0.15) is 63.0 Å². The highest BCUT2D eigenvalue weighted by molar-refractivity contribution is 7.43. The lowest BCUT2D eigenvalue weighted by Crippen LogP contribution is -2.19. The molecule has 0 N–H and O–H groups in total. The zero-order valence-electron chi connectivity index (χ0n) is 16.1. The summed E-state index contributed by atoms with van der Waals surface area (Å²) in [5, 5.41) is 0. The van der Waals surface area contributed by atoms with Crippen molar-refractivity contribution in [1.82, 2.24) is 0 Å². The average molecular weight is 372 g/mol. The third-order valence-corrected chi connectivity index (χ3v) is 5.27. The maximum absolute atomic E-state index is 12.2. The number of hydrogen-bond donors (Lipinski definition) is 0. The van der Waals surface area contributed by atoms with E-state index in [1.807, 2.05) is 12.1 Å². The van der Waals surface area contributed by atoms with E-state index in [4.69, 9.17) is 13.6 Å². The summed E-state index contributed by atoms with van der Waals surface area (Å²) < 4.78 is 17.1. The first-order valence-electron chi connectivity index (χ1n) is 8.68. The molecule has 1 unspecified atom stereocenters. The lowest BCUT2D eigenvalue weighted by Gasteiger charge is -2.29. The van der Waals surface area contributed by atoms with Gasteiger partial charge < -0.3 is 13.6 Å². The van der Waals surface area contributed by atoms with E-state index in [1.54, 1.807) is 18.2 Å². The van der Waals surface area contributed by atoms with Crippen LogP contribution < -0.4 is 9.05 Å². The summed E-state index contributed by atoms with van der Waals surface area (Å²) in [6.07, 6.45) is 0. The molecule has 0 radical (unpaired) electrons. The van der Waals surface area contributed by atoms with Crippen molar-refractivity contribution in [2.24, 2.45) is 0 Å². The fourth-order valence-corrected chi connectivity index (χ4v) is 3.70. The lowest BCUT2D eigenvalue weighted by molar-refractivity contribution is 0.0697. The molecule has 1 atom stereocenters. The Bertz CT molecular complexity index is 831. The molecule has 2 aromatic carbocycles. The molecule has 1 aliphatic heterocycles. The normalized spacial score (nSPS) is 17.2. The molecular weight excluding hydrogens is 347 g/mol. The van der Waals surface area contributed by atoms with Crippen LogP contribution in [0.15, 0.2) is 42.5 Å². The highest BCUT2D eigenvalue weighted by atomic mass is 31.2. The first-order valence-corrected chi connectivity index (χ1v) is 9.78. The van der Waals surface area contributed by atoms with Crippen molar-refractivity contribution < 1.29 is 18.4 Å². The van der Waals surface area contributed by atoms with Gasteiger partial charge in [-0.1, -0.05) is 65.8 Å². The van der Waals surface area contributed by atoms with Gasteiger partial charge in [-0.25, -0.2) is 4.79 Å². The van der Waals surface area contributed by atoms with Crippen LogP contribution in [0.2, 0.25) is 0 Å². The first kappa shape index (κ1) is 18.7. The number of benzene rings is 2. The van der Waals surface area contributed by atoms with E-state index in [0.717, 1.165) is 5.56 Å². The van der Waals surface area contributed by atoms with Crippen molar-refractivity contribution in [3.63, 3.8) is 0 Å². The number of hydrogen-bond acceptors (Lipinski definition) is 4. The zero-order valence-corrected chi connectivity index (χ0v) is 17.0. The maximum atomic E-state index is 12.2. The molecule has 0 saturated heterocycles. The van der Waals surface area contributed by atoms with Gasteiger partial charge in [-0.05, 0) is 34.6 Å². The molecule has 0 aliphatic carbocycles. The van der Waals surface area contributed by atoms with Crippen LogP contribution >= 0.6 is 8.60 Å². The Labute approximate surface area is 156 Å². The highest BCUT2D eigenvalue weighted by Crippen LogP contribution is 2.49. The van der Waals surface area contributed by atoms with E-state index in [-0.39, 0.29) is 10.8 Å². The minimum atomic E-state index is -1.82.